The lowest BCUT2D eigenvalue weighted by atomic mass is 9.99. The molecule has 0 radical (unpaired) electrons. The van der Waals surface area contributed by atoms with Crippen molar-refractivity contribution in [1.29, 1.82) is 10.5 Å². The SMILES string of the molecule is N#Cc1ccc(Cl)cc1NC(=O)C(C#N)c1ccccc1. The summed E-state index contributed by atoms with van der Waals surface area (Å²) in [6.45, 7) is 0. The first-order valence-electron chi connectivity index (χ1n) is 6.11. The molecule has 0 aliphatic heterocycles. The molecule has 0 aromatic heterocycles. The Morgan fingerprint density at radius 2 is 1.86 bits per heavy atom. The van der Waals surface area contributed by atoms with Crippen LogP contribution in [0.5, 0.6) is 0 Å². The molecular weight excluding hydrogens is 286 g/mol. The van der Waals surface area contributed by atoms with E-state index < -0.39 is 11.8 Å². The second kappa shape index (κ2) is 6.56. The number of nitrogens with one attached hydrogen (secondary N) is 1. The minimum absolute atomic E-state index is 0.289. The second-order valence-electron chi connectivity index (χ2n) is 4.26. The Balaban J connectivity index is 2.28. The standard InChI is InChI=1S/C16H10ClN3O/c17-13-7-6-12(9-18)15(8-13)20-16(21)14(10-19)11-4-2-1-3-5-11/h1-8,14H,(H,20,21). The first-order chi connectivity index (χ1) is 10.2. The molecule has 1 amide bonds. The molecule has 1 unspecified atom stereocenters. The molecule has 102 valence electrons. The maximum Gasteiger partial charge on any atom is 0.246 e. The molecule has 0 aliphatic carbocycles. The lowest BCUT2D eigenvalue weighted by molar-refractivity contribution is -0.116. The zero-order chi connectivity index (χ0) is 15.2. The molecule has 0 saturated carbocycles. The highest BCUT2D eigenvalue weighted by atomic mass is 35.5. The first-order valence-corrected chi connectivity index (χ1v) is 6.48. The molecule has 2 rings (SSSR count). The molecule has 2 aromatic rings. The van der Waals surface area contributed by atoms with E-state index in [0.717, 1.165) is 0 Å². The number of hydrogen-bond donors (Lipinski definition) is 1. The van der Waals surface area contributed by atoms with Gasteiger partial charge in [-0.2, -0.15) is 10.5 Å². The number of carbonyl (C=O) groups excluding carboxylic acids is 1. The predicted molar refractivity (Wildman–Crippen MR) is 79.6 cm³/mol. The van der Waals surface area contributed by atoms with E-state index in [1.165, 1.54) is 12.1 Å². The van der Waals surface area contributed by atoms with Crippen LogP contribution in [0.15, 0.2) is 48.5 Å². The van der Waals surface area contributed by atoms with Crippen LogP contribution in [-0.4, -0.2) is 5.91 Å². The molecule has 0 spiro atoms. The predicted octanol–water partition coefficient (Wildman–Crippen LogP) is 3.46. The molecule has 4 nitrogen and oxygen atoms in total. The van der Waals surface area contributed by atoms with Gasteiger partial charge >= 0.3 is 0 Å². The van der Waals surface area contributed by atoms with Gasteiger partial charge in [-0.3, -0.25) is 4.79 Å². The third kappa shape index (κ3) is 3.39. The summed E-state index contributed by atoms with van der Waals surface area (Å²) >= 11 is 5.86. The number of benzene rings is 2. The van der Waals surface area contributed by atoms with E-state index >= 15 is 0 Å². The molecule has 0 fully saturated rings. The van der Waals surface area contributed by atoms with Crippen molar-refractivity contribution < 1.29 is 4.79 Å². The van der Waals surface area contributed by atoms with Crippen LogP contribution in [0.4, 0.5) is 5.69 Å². The third-order valence-electron chi connectivity index (χ3n) is 2.88. The van der Waals surface area contributed by atoms with Crippen LogP contribution in [0.25, 0.3) is 0 Å². The number of nitrogens with zero attached hydrogens (tertiary/aromatic N) is 2. The highest BCUT2D eigenvalue weighted by molar-refractivity contribution is 6.31. The normalized spacial score (nSPS) is 11.0. The van der Waals surface area contributed by atoms with E-state index in [0.29, 0.717) is 16.3 Å². The Hall–Kier alpha value is -2.82. The third-order valence-corrected chi connectivity index (χ3v) is 3.12. The Labute approximate surface area is 127 Å². The molecule has 0 saturated heterocycles. The van der Waals surface area contributed by atoms with Crippen molar-refractivity contribution in [2.24, 2.45) is 0 Å². The van der Waals surface area contributed by atoms with Gasteiger partial charge in [-0.1, -0.05) is 41.9 Å². The number of anilines is 1. The van der Waals surface area contributed by atoms with Gasteiger partial charge in [0.2, 0.25) is 5.91 Å². The summed E-state index contributed by atoms with van der Waals surface area (Å²) in [7, 11) is 0. The fourth-order valence-electron chi connectivity index (χ4n) is 1.85. The maximum absolute atomic E-state index is 12.2. The van der Waals surface area contributed by atoms with Crippen LogP contribution >= 0.6 is 11.6 Å². The van der Waals surface area contributed by atoms with Crippen LogP contribution in [0, 0.1) is 22.7 Å². The van der Waals surface area contributed by atoms with E-state index in [1.807, 2.05) is 12.1 Å². The minimum atomic E-state index is -0.947. The summed E-state index contributed by atoms with van der Waals surface area (Å²) in [5, 5.41) is 21.2. The minimum Gasteiger partial charge on any atom is -0.323 e. The van der Waals surface area contributed by atoms with Crippen LogP contribution in [0.1, 0.15) is 17.0 Å². The van der Waals surface area contributed by atoms with Crippen LogP contribution in [0.3, 0.4) is 0 Å². The Kier molecular flexibility index (Phi) is 4.56. The van der Waals surface area contributed by atoms with E-state index in [2.05, 4.69) is 5.32 Å². The zero-order valence-electron chi connectivity index (χ0n) is 10.9. The van der Waals surface area contributed by atoms with Gasteiger partial charge in [0.1, 0.15) is 6.07 Å². The average molecular weight is 296 g/mol. The van der Waals surface area contributed by atoms with E-state index in [4.69, 9.17) is 16.9 Å². The van der Waals surface area contributed by atoms with Crippen molar-refractivity contribution in [2.75, 3.05) is 5.32 Å². The number of nitriles is 2. The fraction of sp³-hybridized carbons (Fsp3) is 0.0625. The maximum atomic E-state index is 12.2. The van der Waals surface area contributed by atoms with Gasteiger partial charge in [0.25, 0.3) is 0 Å². The molecular formula is C16H10ClN3O. The highest BCUT2D eigenvalue weighted by Gasteiger charge is 2.21. The van der Waals surface area contributed by atoms with Crippen molar-refractivity contribution in [1.82, 2.24) is 0 Å². The van der Waals surface area contributed by atoms with E-state index in [9.17, 15) is 10.1 Å². The van der Waals surface area contributed by atoms with Crippen molar-refractivity contribution in [3.63, 3.8) is 0 Å². The van der Waals surface area contributed by atoms with Crippen molar-refractivity contribution in [3.8, 4) is 12.1 Å². The number of halogens is 1. The molecule has 0 aliphatic rings. The van der Waals surface area contributed by atoms with Crippen LogP contribution in [-0.2, 0) is 4.79 Å². The fourth-order valence-corrected chi connectivity index (χ4v) is 2.02. The second-order valence-corrected chi connectivity index (χ2v) is 4.70. The molecule has 0 heterocycles. The lowest BCUT2D eigenvalue weighted by Crippen LogP contribution is -2.20. The van der Waals surface area contributed by atoms with Crippen molar-refractivity contribution in [3.05, 3.63) is 64.7 Å². The molecule has 2 aromatic carbocycles. The Bertz CT molecular complexity index is 744. The van der Waals surface area contributed by atoms with Crippen molar-refractivity contribution >= 4 is 23.2 Å². The molecule has 0 bridgehead atoms. The van der Waals surface area contributed by atoms with Gasteiger partial charge in [-0.25, -0.2) is 0 Å². The largest absolute Gasteiger partial charge is 0.323 e. The monoisotopic (exact) mass is 295 g/mol. The van der Waals surface area contributed by atoms with Crippen molar-refractivity contribution in [2.45, 2.75) is 5.92 Å². The van der Waals surface area contributed by atoms with Gasteiger partial charge < -0.3 is 5.32 Å². The lowest BCUT2D eigenvalue weighted by Gasteiger charge is -2.11. The average Bonchev–Trinajstić information content (AvgIpc) is 2.49. The van der Waals surface area contributed by atoms with Gasteiger partial charge in [-0.15, -0.1) is 0 Å². The molecule has 1 atom stereocenters. The summed E-state index contributed by atoms with van der Waals surface area (Å²) in [6, 6.07) is 17.2. The van der Waals surface area contributed by atoms with Crippen LogP contribution in [0.2, 0.25) is 5.02 Å². The summed E-state index contributed by atoms with van der Waals surface area (Å²) in [6.07, 6.45) is 0. The Morgan fingerprint density at radius 1 is 1.14 bits per heavy atom. The first kappa shape index (κ1) is 14.6. The summed E-state index contributed by atoms with van der Waals surface area (Å²) < 4.78 is 0. The number of amides is 1. The smallest absolute Gasteiger partial charge is 0.246 e. The van der Waals surface area contributed by atoms with E-state index in [1.54, 1.807) is 36.4 Å². The summed E-state index contributed by atoms with van der Waals surface area (Å²) in [5.41, 5.74) is 1.18. The number of rotatable bonds is 3. The number of carbonyl (C=O) groups is 1. The zero-order valence-corrected chi connectivity index (χ0v) is 11.6. The highest BCUT2D eigenvalue weighted by Crippen LogP contribution is 2.23. The van der Waals surface area contributed by atoms with E-state index in [-0.39, 0.29) is 5.56 Å². The molecule has 5 heteroatoms. The Morgan fingerprint density at radius 3 is 2.48 bits per heavy atom. The quantitative estimate of drug-likeness (QED) is 0.942. The summed E-state index contributed by atoms with van der Waals surface area (Å²) in [4.78, 5) is 12.2. The number of hydrogen-bond acceptors (Lipinski definition) is 3. The van der Waals surface area contributed by atoms with Crippen LogP contribution < -0.4 is 5.32 Å². The van der Waals surface area contributed by atoms with Gasteiger partial charge in [0.15, 0.2) is 5.92 Å². The molecule has 1 N–H and O–H groups in total. The topological polar surface area (TPSA) is 76.7 Å². The van der Waals surface area contributed by atoms with Gasteiger partial charge in [0.05, 0.1) is 17.3 Å². The van der Waals surface area contributed by atoms with Gasteiger partial charge in [-0.05, 0) is 23.8 Å². The van der Waals surface area contributed by atoms with Gasteiger partial charge in [0, 0.05) is 5.02 Å². The summed E-state index contributed by atoms with van der Waals surface area (Å²) in [5.74, 6) is -1.45. The molecule has 21 heavy (non-hydrogen) atoms.